The lowest BCUT2D eigenvalue weighted by molar-refractivity contribution is -0.116. The molecule has 0 spiro atoms. The van der Waals surface area contributed by atoms with Crippen LogP contribution in [-0.4, -0.2) is 21.1 Å². The molecule has 4 aromatic rings. The summed E-state index contributed by atoms with van der Waals surface area (Å²) in [5.41, 5.74) is 1.89. The van der Waals surface area contributed by atoms with Crippen LogP contribution in [0, 0.1) is 0 Å². The minimum absolute atomic E-state index is 0.0749. The lowest BCUT2D eigenvalue weighted by Gasteiger charge is -2.00. The highest BCUT2D eigenvalue weighted by molar-refractivity contribution is 7.13. The predicted molar refractivity (Wildman–Crippen MR) is 105 cm³/mol. The molecule has 0 aliphatic heterocycles. The Morgan fingerprint density at radius 3 is 2.89 bits per heavy atom. The van der Waals surface area contributed by atoms with E-state index in [-0.39, 0.29) is 5.91 Å². The van der Waals surface area contributed by atoms with Crippen molar-refractivity contribution in [3.63, 3.8) is 0 Å². The van der Waals surface area contributed by atoms with Crippen LogP contribution in [0.4, 0.5) is 5.82 Å². The van der Waals surface area contributed by atoms with Crippen LogP contribution in [0.15, 0.2) is 64.5 Å². The monoisotopic (exact) mass is 378 g/mol. The van der Waals surface area contributed by atoms with Gasteiger partial charge in [0.2, 0.25) is 5.91 Å². The first-order valence-electron chi connectivity index (χ1n) is 8.67. The first kappa shape index (κ1) is 17.2. The number of carbonyl (C=O) groups is 1. The summed E-state index contributed by atoms with van der Waals surface area (Å²) >= 11 is 1.62. The largest absolute Gasteiger partial charge is 0.441 e. The van der Waals surface area contributed by atoms with Gasteiger partial charge in [0.15, 0.2) is 17.5 Å². The Kier molecular flexibility index (Phi) is 5.11. The van der Waals surface area contributed by atoms with Gasteiger partial charge in [-0.1, -0.05) is 36.4 Å². The molecule has 0 fully saturated rings. The predicted octanol–water partition coefficient (Wildman–Crippen LogP) is 4.75. The Morgan fingerprint density at radius 1 is 1.19 bits per heavy atom. The zero-order valence-corrected chi connectivity index (χ0v) is 15.3. The third-order valence-electron chi connectivity index (χ3n) is 4.04. The van der Waals surface area contributed by atoms with Gasteiger partial charge in [0.05, 0.1) is 16.8 Å². The van der Waals surface area contributed by atoms with Gasteiger partial charge < -0.3 is 9.73 Å². The SMILES string of the molecule is O=C(CCCc1ncc(-c2ccccc2)o1)Nc1cc(-c2cccs2)[nH]n1. The van der Waals surface area contributed by atoms with Crippen molar-refractivity contribution in [3.8, 4) is 21.9 Å². The van der Waals surface area contributed by atoms with Gasteiger partial charge in [0.1, 0.15) is 0 Å². The van der Waals surface area contributed by atoms with Crippen LogP contribution in [0.3, 0.4) is 0 Å². The molecule has 136 valence electrons. The summed E-state index contributed by atoms with van der Waals surface area (Å²) in [6.07, 6.45) is 3.37. The van der Waals surface area contributed by atoms with Crippen molar-refractivity contribution in [3.05, 3.63) is 66.0 Å². The van der Waals surface area contributed by atoms with E-state index in [1.807, 2.05) is 53.9 Å². The fourth-order valence-corrected chi connectivity index (χ4v) is 3.40. The third kappa shape index (κ3) is 4.32. The van der Waals surface area contributed by atoms with Gasteiger partial charge in [-0.15, -0.1) is 11.3 Å². The molecule has 0 saturated heterocycles. The Morgan fingerprint density at radius 2 is 2.07 bits per heavy atom. The van der Waals surface area contributed by atoms with Gasteiger partial charge in [0.25, 0.3) is 0 Å². The van der Waals surface area contributed by atoms with E-state index in [0.29, 0.717) is 31.0 Å². The van der Waals surface area contributed by atoms with E-state index in [9.17, 15) is 4.79 Å². The number of carbonyl (C=O) groups excluding carboxylic acids is 1. The molecular formula is C20H18N4O2S. The van der Waals surface area contributed by atoms with Crippen LogP contribution >= 0.6 is 11.3 Å². The standard InChI is InChI=1S/C20H18N4O2S/c25-19(22-18-12-15(23-24-18)17-8-5-11-27-17)9-4-10-20-21-13-16(26-20)14-6-2-1-3-7-14/h1-3,5-8,11-13H,4,9-10H2,(H2,22,23,24,25). The number of H-pyrrole nitrogens is 1. The highest BCUT2D eigenvalue weighted by atomic mass is 32.1. The number of aromatic nitrogens is 3. The highest BCUT2D eigenvalue weighted by Gasteiger charge is 2.10. The lowest BCUT2D eigenvalue weighted by Crippen LogP contribution is -2.11. The second kappa shape index (κ2) is 8.01. The summed E-state index contributed by atoms with van der Waals surface area (Å²) < 4.78 is 5.76. The summed E-state index contributed by atoms with van der Waals surface area (Å²) in [4.78, 5) is 17.5. The summed E-state index contributed by atoms with van der Waals surface area (Å²) in [5, 5.41) is 11.9. The molecule has 0 aliphatic carbocycles. The van der Waals surface area contributed by atoms with Crippen molar-refractivity contribution in [1.82, 2.24) is 15.2 Å². The van der Waals surface area contributed by atoms with Crippen molar-refractivity contribution < 1.29 is 9.21 Å². The maximum Gasteiger partial charge on any atom is 0.225 e. The second-order valence-electron chi connectivity index (χ2n) is 6.03. The van der Waals surface area contributed by atoms with E-state index in [1.54, 1.807) is 17.5 Å². The Labute approximate surface area is 160 Å². The topological polar surface area (TPSA) is 83.8 Å². The van der Waals surface area contributed by atoms with Gasteiger partial charge in [-0.2, -0.15) is 5.10 Å². The number of rotatable bonds is 7. The smallest absolute Gasteiger partial charge is 0.225 e. The molecule has 3 aromatic heterocycles. The summed E-state index contributed by atoms with van der Waals surface area (Å²) in [6.45, 7) is 0. The van der Waals surface area contributed by atoms with Crippen LogP contribution in [0.5, 0.6) is 0 Å². The summed E-state index contributed by atoms with van der Waals surface area (Å²) in [6, 6.07) is 15.7. The van der Waals surface area contributed by atoms with Gasteiger partial charge in [-0.3, -0.25) is 9.89 Å². The third-order valence-corrected chi connectivity index (χ3v) is 4.94. The highest BCUT2D eigenvalue weighted by Crippen LogP contribution is 2.24. The number of nitrogens with zero attached hydrogens (tertiary/aromatic N) is 2. The zero-order chi connectivity index (χ0) is 18.5. The second-order valence-corrected chi connectivity index (χ2v) is 6.98. The number of benzene rings is 1. The molecule has 0 atom stereocenters. The van der Waals surface area contributed by atoms with Crippen LogP contribution in [0.25, 0.3) is 21.9 Å². The maximum absolute atomic E-state index is 12.1. The van der Waals surface area contributed by atoms with Crippen molar-refractivity contribution >= 4 is 23.1 Å². The summed E-state index contributed by atoms with van der Waals surface area (Å²) in [7, 11) is 0. The molecule has 0 bridgehead atoms. The molecule has 6 nitrogen and oxygen atoms in total. The first-order chi connectivity index (χ1) is 13.3. The van der Waals surface area contributed by atoms with E-state index < -0.39 is 0 Å². The molecule has 7 heteroatoms. The van der Waals surface area contributed by atoms with E-state index in [4.69, 9.17) is 4.42 Å². The Bertz CT molecular complexity index is 1010. The van der Waals surface area contributed by atoms with Crippen LogP contribution in [-0.2, 0) is 11.2 Å². The lowest BCUT2D eigenvalue weighted by atomic mass is 10.2. The van der Waals surface area contributed by atoms with Crippen LogP contribution in [0.2, 0.25) is 0 Å². The maximum atomic E-state index is 12.1. The number of nitrogens with one attached hydrogen (secondary N) is 2. The van der Waals surface area contributed by atoms with Gasteiger partial charge in [0, 0.05) is 24.5 Å². The number of hydrogen-bond acceptors (Lipinski definition) is 5. The van der Waals surface area contributed by atoms with E-state index in [2.05, 4.69) is 20.5 Å². The fourth-order valence-electron chi connectivity index (χ4n) is 2.71. The number of anilines is 1. The average molecular weight is 378 g/mol. The number of aryl methyl sites for hydroxylation is 1. The molecule has 1 amide bonds. The minimum Gasteiger partial charge on any atom is -0.441 e. The fraction of sp³-hybridized carbons (Fsp3) is 0.150. The zero-order valence-electron chi connectivity index (χ0n) is 14.5. The number of hydrogen-bond donors (Lipinski definition) is 2. The van der Waals surface area contributed by atoms with Crippen LogP contribution < -0.4 is 5.32 Å². The molecule has 27 heavy (non-hydrogen) atoms. The molecule has 4 rings (SSSR count). The average Bonchev–Trinajstić information content (AvgIpc) is 3.44. The van der Waals surface area contributed by atoms with Gasteiger partial charge in [-0.25, -0.2) is 4.98 Å². The van der Waals surface area contributed by atoms with E-state index >= 15 is 0 Å². The van der Waals surface area contributed by atoms with Crippen molar-refractivity contribution in [2.75, 3.05) is 5.32 Å². The number of thiophene rings is 1. The quantitative estimate of drug-likeness (QED) is 0.486. The number of amides is 1. The molecule has 3 heterocycles. The number of oxazole rings is 1. The minimum atomic E-state index is -0.0749. The summed E-state index contributed by atoms with van der Waals surface area (Å²) in [5.74, 6) is 1.84. The molecular weight excluding hydrogens is 360 g/mol. The first-order valence-corrected chi connectivity index (χ1v) is 9.55. The van der Waals surface area contributed by atoms with Crippen LogP contribution in [0.1, 0.15) is 18.7 Å². The van der Waals surface area contributed by atoms with E-state index in [1.165, 1.54) is 0 Å². The van der Waals surface area contributed by atoms with Gasteiger partial charge >= 0.3 is 0 Å². The molecule has 0 radical (unpaired) electrons. The molecule has 1 aromatic carbocycles. The molecule has 2 N–H and O–H groups in total. The van der Waals surface area contributed by atoms with Crippen molar-refractivity contribution in [2.45, 2.75) is 19.3 Å². The van der Waals surface area contributed by atoms with Crippen molar-refractivity contribution in [2.24, 2.45) is 0 Å². The normalized spacial score (nSPS) is 10.8. The molecule has 0 unspecified atom stereocenters. The molecule has 0 aliphatic rings. The Hall–Kier alpha value is -3.19. The Balaban J connectivity index is 1.26. The van der Waals surface area contributed by atoms with E-state index in [0.717, 1.165) is 21.9 Å². The number of aromatic amines is 1. The van der Waals surface area contributed by atoms with Crippen molar-refractivity contribution in [1.29, 1.82) is 0 Å². The molecule has 0 saturated carbocycles. The van der Waals surface area contributed by atoms with Gasteiger partial charge in [-0.05, 0) is 17.9 Å².